The Bertz CT molecular complexity index is 632. The maximum atomic E-state index is 13.7. The summed E-state index contributed by atoms with van der Waals surface area (Å²) in [6, 6.07) is 5.13. The van der Waals surface area contributed by atoms with E-state index in [1.165, 1.54) is 18.2 Å². The van der Waals surface area contributed by atoms with Gasteiger partial charge in [-0.3, -0.25) is 5.43 Å². The fourth-order valence-corrected chi connectivity index (χ4v) is 1.45. The SMILES string of the molecule is N#CC(C#N)=NNc1c(Br)cc(F)c(C#N)c1F. The van der Waals surface area contributed by atoms with E-state index in [1.54, 1.807) is 0 Å². The van der Waals surface area contributed by atoms with Crippen LogP contribution in [-0.4, -0.2) is 5.71 Å². The minimum atomic E-state index is -1.16. The highest BCUT2D eigenvalue weighted by atomic mass is 79.9. The minimum Gasteiger partial charge on any atom is -0.272 e. The van der Waals surface area contributed by atoms with E-state index in [-0.39, 0.29) is 10.2 Å². The number of nitriles is 3. The van der Waals surface area contributed by atoms with Gasteiger partial charge in [0.1, 0.15) is 35.3 Å². The van der Waals surface area contributed by atoms with Crippen LogP contribution in [0.2, 0.25) is 0 Å². The average Bonchev–Trinajstić information content (AvgIpc) is 2.34. The van der Waals surface area contributed by atoms with E-state index >= 15 is 0 Å². The summed E-state index contributed by atoms with van der Waals surface area (Å²) >= 11 is 2.87. The molecule has 0 saturated heterocycles. The summed E-state index contributed by atoms with van der Waals surface area (Å²) in [5.41, 5.74) is 0.428. The van der Waals surface area contributed by atoms with Crippen LogP contribution in [-0.2, 0) is 0 Å². The summed E-state index contributed by atoms with van der Waals surface area (Å²) in [4.78, 5) is 0. The van der Waals surface area contributed by atoms with Gasteiger partial charge in [0.2, 0.25) is 5.71 Å². The number of nitrogens with zero attached hydrogens (tertiary/aromatic N) is 4. The summed E-state index contributed by atoms with van der Waals surface area (Å²) in [5.74, 6) is -2.19. The van der Waals surface area contributed by atoms with Crippen molar-refractivity contribution in [1.29, 1.82) is 15.8 Å². The van der Waals surface area contributed by atoms with Crippen molar-refractivity contribution in [2.45, 2.75) is 0 Å². The Morgan fingerprint density at radius 1 is 1.28 bits per heavy atom. The third kappa shape index (κ3) is 2.60. The Hall–Kier alpha value is -2.50. The Morgan fingerprint density at radius 2 is 1.89 bits per heavy atom. The molecule has 0 unspecified atom stereocenters. The summed E-state index contributed by atoms with van der Waals surface area (Å²) < 4.78 is 26.8. The molecule has 0 aromatic heterocycles. The first-order chi connectivity index (χ1) is 8.54. The lowest BCUT2D eigenvalue weighted by Crippen LogP contribution is -2.02. The largest absolute Gasteiger partial charge is 0.272 e. The molecule has 1 aromatic carbocycles. The van der Waals surface area contributed by atoms with Gasteiger partial charge < -0.3 is 0 Å². The summed E-state index contributed by atoms with van der Waals surface area (Å²) in [5, 5.41) is 28.7. The van der Waals surface area contributed by atoms with Crippen LogP contribution in [0.25, 0.3) is 0 Å². The molecule has 1 N–H and O–H groups in total. The highest BCUT2D eigenvalue weighted by Crippen LogP contribution is 2.29. The monoisotopic (exact) mass is 309 g/mol. The third-order valence-electron chi connectivity index (χ3n) is 1.77. The normalized spacial score (nSPS) is 8.67. The molecular formula is C10H2BrF2N5. The van der Waals surface area contributed by atoms with Crippen LogP contribution in [0.15, 0.2) is 15.6 Å². The van der Waals surface area contributed by atoms with E-state index in [0.717, 1.165) is 6.07 Å². The van der Waals surface area contributed by atoms with Gasteiger partial charge in [-0.1, -0.05) is 0 Å². The molecule has 0 saturated carbocycles. The Balaban J connectivity index is 3.29. The summed E-state index contributed by atoms with van der Waals surface area (Å²) in [6.45, 7) is 0. The molecular weight excluding hydrogens is 308 g/mol. The van der Waals surface area contributed by atoms with Crippen molar-refractivity contribution in [2.75, 3.05) is 5.43 Å². The zero-order valence-corrected chi connectivity index (χ0v) is 10.1. The molecule has 0 radical (unpaired) electrons. The van der Waals surface area contributed by atoms with Gasteiger partial charge in [0.15, 0.2) is 5.82 Å². The molecule has 8 heteroatoms. The first-order valence-corrected chi connectivity index (χ1v) is 5.06. The third-order valence-corrected chi connectivity index (χ3v) is 2.40. The number of rotatable bonds is 2. The number of halogens is 3. The maximum Gasteiger partial charge on any atom is 0.237 e. The molecule has 1 rings (SSSR count). The molecule has 0 spiro atoms. The minimum absolute atomic E-state index is 0.0320. The van der Waals surface area contributed by atoms with Gasteiger partial charge in [-0.25, -0.2) is 8.78 Å². The predicted molar refractivity (Wildman–Crippen MR) is 61.1 cm³/mol. The zero-order valence-electron chi connectivity index (χ0n) is 8.50. The van der Waals surface area contributed by atoms with Crippen LogP contribution >= 0.6 is 15.9 Å². The van der Waals surface area contributed by atoms with E-state index in [1.807, 2.05) is 0 Å². The molecule has 0 amide bonds. The van der Waals surface area contributed by atoms with E-state index < -0.39 is 22.9 Å². The fourth-order valence-electron chi connectivity index (χ4n) is 0.982. The second-order valence-electron chi connectivity index (χ2n) is 2.81. The maximum absolute atomic E-state index is 13.7. The molecule has 0 atom stereocenters. The molecule has 88 valence electrons. The van der Waals surface area contributed by atoms with Gasteiger partial charge in [-0.05, 0) is 22.0 Å². The molecule has 0 bridgehead atoms. The lowest BCUT2D eigenvalue weighted by Gasteiger charge is -2.06. The zero-order chi connectivity index (χ0) is 13.7. The second-order valence-corrected chi connectivity index (χ2v) is 3.67. The number of hydrogen-bond acceptors (Lipinski definition) is 5. The summed E-state index contributed by atoms with van der Waals surface area (Å²) in [7, 11) is 0. The smallest absolute Gasteiger partial charge is 0.237 e. The highest BCUT2D eigenvalue weighted by Gasteiger charge is 2.17. The van der Waals surface area contributed by atoms with E-state index in [4.69, 9.17) is 15.8 Å². The van der Waals surface area contributed by atoms with Crippen LogP contribution in [0.4, 0.5) is 14.5 Å². The van der Waals surface area contributed by atoms with Crippen molar-refractivity contribution in [1.82, 2.24) is 0 Å². The fraction of sp³-hybridized carbons (Fsp3) is 0. The molecule has 0 heterocycles. The van der Waals surface area contributed by atoms with Crippen molar-refractivity contribution in [2.24, 2.45) is 5.10 Å². The molecule has 0 aliphatic carbocycles. The predicted octanol–water partition coefficient (Wildman–Crippen LogP) is 2.41. The van der Waals surface area contributed by atoms with E-state index in [9.17, 15) is 8.78 Å². The first kappa shape index (κ1) is 13.6. The Labute approximate surface area is 109 Å². The van der Waals surface area contributed by atoms with Crippen LogP contribution in [0, 0.1) is 45.6 Å². The van der Waals surface area contributed by atoms with Gasteiger partial charge in [0, 0.05) is 4.47 Å². The summed E-state index contributed by atoms with van der Waals surface area (Å²) in [6.07, 6.45) is 0. The Morgan fingerprint density at radius 3 is 2.39 bits per heavy atom. The van der Waals surface area contributed by atoms with E-state index in [2.05, 4.69) is 26.5 Å². The van der Waals surface area contributed by atoms with Crippen LogP contribution in [0.3, 0.4) is 0 Å². The van der Waals surface area contributed by atoms with Gasteiger partial charge in [0.05, 0.1) is 0 Å². The van der Waals surface area contributed by atoms with Crippen LogP contribution in [0.1, 0.15) is 5.56 Å². The number of hydrogen-bond donors (Lipinski definition) is 1. The van der Waals surface area contributed by atoms with Crippen molar-refractivity contribution in [3.8, 4) is 18.2 Å². The number of hydrazone groups is 1. The molecule has 0 fully saturated rings. The van der Waals surface area contributed by atoms with E-state index in [0.29, 0.717) is 0 Å². The second kappa shape index (κ2) is 5.72. The first-order valence-electron chi connectivity index (χ1n) is 4.26. The number of benzene rings is 1. The van der Waals surface area contributed by atoms with Crippen LogP contribution < -0.4 is 5.43 Å². The van der Waals surface area contributed by atoms with Crippen molar-refractivity contribution in [3.05, 3.63) is 27.7 Å². The van der Waals surface area contributed by atoms with Crippen molar-refractivity contribution < 1.29 is 8.78 Å². The molecule has 1 aromatic rings. The lowest BCUT2D eigenvalue weighted by molar-refractivity contribution is 0.577. The van der Waals surface area contributed by atoms with Gasteiger partial charge in [0.25, 0.3) is 0 Å². The van der Waals surface area contributed by atoms with Crippen molar-refractivity contribution >= 4 is 27.3 Å². The number of anilines is 1. The standard InChI is InChI=1S/C10H2BrF2N5/c11-7-1-8(12)6(4-16)9(13)10(7)18-17-5(2-14)3-15/h1,18H. The molecule has 18 heavy (non-hydrogen) atoms. The highest BCUT2D eigenvalue weighted by molar-refractivity contribution is 9.10. The van der Waals surface area contributed by atoms with Crippen molar-refractivity contribution in [3.63, 3.8) is 0 Å². The van der Waals surface area contributed by atoms with Gasteiger partial charge in [-0.15, -0.1) is 0 Å². The average molecular weight is 310 g/mol. The molecule has 5 nitrogen and oxygen atoms in total. The number of nitrogens with one attached hydrogen (secondary N) is 1. The van der Waals surface area contributed by atoms with Gasteiger partial charge in [-0.2, -0.15) is 20.9 Å². The topological polar surface area (TPSA) is 95.8 Å². The van der Waals surface area contributed by atoms with Gasteiger partial charge >= 0.3 is 0 Å². The van der Waals surface area contributed by atoms with Crippen LogP contribution in [0.5, 0.6) is 0 Å². The Kier molecular flexibility index (Phi) is 4.31. The molecule has 0 aliphatic heterocycles. The quantitative estimate of drug-likeness (QED) is 0.670. The molecule has 0 aliphatic rings. The lowest BCUT2D eigenvalue weighted by atomic mass is 10.2.